The van der Waals surface area contributed by atoms with Crippen LogP contribution in [0.5, 0.6) is 0 Å². The normalized spacial score (nSPS) is 24.2. The molecule has 0 heterocycles. The van der Waals surface area contributed by atoms with Gasteiger partial charge in [0, 0.05) is 0 Å². The van der Waals surface area contributed by atoms with Gasteiger partial charge in [0.05, 0.1) is 0 Å². The van der Waals surface area contributed by atoms with E-state index in [9.17, 15) is 0 Å². The maximum atomic E-state index is 2.46. The van der Waals surface area contributed by atoms with Crippen molar-refractivity contribution in [3.05, 3.63) is 83.9 Å². The van der Waals surface area contributed by atoms with Crippen molar-refractivity contribution in [2.75, 3.05) is 0 Å². The summed E-state index contributed by atoms with van der Waals surface area (Å²) < 4.78 is 0. The lowest BCUT2D eigenvalue weighted by Gasteiger charge is -2.18. The van der Waals surface area contributed by atoms with E-state index < -0.39 is 0 Å². The molecule has 0 aromatic heterocycles. The van der Waals surface area contributed by atoms with Crippen molar-refractivity contribution >= 4 is 11.1 Å². The van der Waals surface area contributed by atoms with E-state index in [0.29, 0.717) is 11.8 Å². The first kappa shape index (κ1) is 11.7. The first-order valence-corrected chi connectivity index (χ1v) is 7.44. The Balaban J connectivity index is 1.63. The molecule has 0 radical (unpaired) electrons. The molecule has 0 amide bonds. The van der Waals surface area contributed by atoms with Crippen LogP contribution >= 0.6 is 0 Å². The average molecular weight is 258 g/mol. The first-order valence-electron chi connectivity index (χ1n) is 7.44. The zero-order chi connectivity index (χ0) is 13.4. The molecule has 0 nitrogen and oxygen atoms in total. The van der Waals surface area contributed by atoms with Crippen molar-refractivity contribution in [3.63, 3.8) is 0 Å². The molecule has 2 aliphatic carbocycles. The molecular formula is C20H18. The van der Waals surface area contributed by atoms with E-state index >= 15 is 0 Å². The highest BCUT2D eigenvalue weighted by Gasteiger charge is 2.36. The van der Waals surface area contributed by atoms with Gasteiger partial charge in [-0.25, -0.2) is 0 Å². The minimum Gasteiger partial charge on any atom is -0.0798 e. The molecule has 0 fully saturated rings. The molecule has 2 atom stereocenters. The van der Waals surface area contributed by atoms with Gasteiger partial charge in [0.1, 0.15) is 0 Å². The van der Waals surface area contributed by atoms with Crippen molar-refractivity contribution in [2.45, 2.75) is 12.8 Å². The molecule has 20 heavy (non-hydrogen) atoms. The maximum absolute atomic E-state index is 2.46. The Labute approximate surface area is 120 Å². The van der Waals surface area contributed by atoms with Gasteiger partial charge in [-0.15, -0.1) is 0 Å². The third-order valence-corrected chi connectivity index (χ3v) is 4.68. The summed E-state index contributed by atoms with van der Waals surface area (Å²) in [6.07, 6.45) is 7.30. The minimum atomic E-state index is 0.688. The molecular weight excluding hydrogens is 240 g/mol. The Morgan fingerprint density at radius 1 is 0.550 bits per heavy atom. The second-order valence-electron chi connectivity index (χ2n) is 5.74. The van der Waals surface area contributed by atoms with Gasteiger partial charge in [-0.1, -0.05) is 72.8 Å². The summed E-state index contributed by atoms with van der Waals surface area (Å²) in [5, 5.41) is 0. The maximum Gasteiger partial charge on any atom is -0.00525 e. The van der Waals surface area contributed by atoms with Crippen LogP contribution in [0, 0.1) is 11.8 Å². The van der Waals surface area contributed by atoms with Gasteiger partial charge < -0.3 is 0 Å². The minimum absolute atomic E-state index is 0.688. The molecule has 0 N–H and O–H groups in total. The number of hydrogen-bond acceptors (Lipinski definition) is 0. The summed E-state index contributed by atoms with van der Waals surface area (Å²) in [6, 6.07) is 21.7. The molecule has 0 spiro atoms. The molecule has 2 aromatic carbocycles. The van der Waals surface area contributed by atoms with Crippen molar-refractivity contribution < 1.29 is 0 Å². The lowest BCUT2D eigenvalue weighted by Crippen LogP contribution is -2.06. The van der Waals surface area contributed by atoms with Crippen molar-refractivity contribution in [3.8, 4) is 0 Å². The molecule has 0 bridgehead atoms. The monoisotopic (exact) mass is 258 g/mol. The van der Waals surface area contributed by atoms with Gasteiger partial charge >= 0.3 is 0 Å². The zero-order valence-corrected chi connectivity index (χ0v) is 11.5. The molecule has 2 aliphatic rings. The molecule has 98 valence electrons. The van der Waals surface area contributed by atoms with Gasteiger partial charge in [0.15, 0.2) is 0 Å². The second kappa shape index (κ2) is 4.79. The highest BCUT2D eigenvalue weighted by Crippen LogP contribution is 2.50. The fourth-order valence-corrected chi connectivity index (χ4v) is 3.75. The largest absolute Gasteiger partial charge is 0.0798 e. The number of hydrogen-bond donors (Lipinski definition) is 0. The number of fused-ring (bicyclic) bond motifs is 1. The summed E-state index contributed by atoms with van der Waals surface area (Å²) in [5.74, 6) is 1.38. The van der Waals surface area contributed by atoms with E-state index in [1.54, 1.807) is 11.1 Å². The van der Waals surface area contributed by atoms with E-state index in [2.05, 4.69) is 72.8 Å². The van der Waals surface area contributed by atoms with Gasteiger partial charge in [0.2, 0.25) is 0 Å². The van der Waals surface area contributed by atoms with E-state index in [1.807, 2.05) is 0 Å². The molecule has 0 heteroatoms. The fourth-order valence-electron chi connectivity index (χ4n) is 3.75. The lowest BCUT2D eigenvalue weighted by atomic mass is 9.85. The Morgan fingerprint density at radius 3 is 1.35 bits per heavy atom. The van der Waals surface area contributed by atoms with Gasteiger partial charge in [-0.3, -0.25) is 0 Å². The standard InChI is InChI=1S/C20H18/c1-3-7-15(8-4-1)17-11-13-20-18(12-14-19(17)20)16-9-5-2-6-10-16/h1-12,19-20H,13-14H2/t19-,20?/m1/s1. The predicted molar refractivity (Wildman–Crippen MR) is 85.1 cm³/mol. The molecule has 4 rings (SSSR count). The average Bonchev–Trinajstić information content (AvgIpc) is 3.10. The molecule has 0 aliphatic heterocycles. The van der Waals surface area contributed by atoms with Crippen LogP contribution in [0.25, 0.3) is 11.1 Å². The smallest absolute Gasteiger partial charge is 0.00525 e. The summed E-state index contributed by atoms with van der Waals surface area (Å²) in [6.45, 7) is 0. The van der Waals surface area contributed by atoms with Crippen molar-refractivity contribution in [1.29, 1.82) is 0 Å². The van der Waals surface area contributed by atoms with E-state index in [4.69, 9.17) is 0 Å². The second-order valence-corrected chi connectivity index (χ2v) is 5.74. The van der Waals surface area contributed by atoms with Crippen LogP contribution in [0.15, 0.2) is 72.8 Å². The first-order chi connectivity index (χ1) is 9.93. The molecule has 0 saturated heterocycles. The van der Waals surface area contributed by atoms with Crippen LogP contribution in [-0.4, -0.2) is 0 Å². The summed E-state index contributed by atoms with van der Waals surface area (Å²) in [4.78, 5) is 0. The number of rotatable bonds is 2. The Bertz CT molecular complexity index is 600. The Kier molecular flexibility index (Phi) is 2.81. The van der Waals surface area contributed by atoms with E-state index in [1.165, 1.54) is 24.0 Å². The summed E-state index contributed by atoms with van der Waals surface area (Å²) in [7, 11) is 0. The van der Waals surface area contributed by atoms with E-state index in [0.717, 1.165) is 0 Å². The molecule has 2 aromatic rings. The highest BCUT2D eigenvalue weighted by atomic mass is 14.4. The topological polar surface area (TPSA) is 0 Å². The highest BCUT2D eigenvalue weighted by molar-refractivity contribution is 5.80. The molecule has 0 saturated carbocycles. The van der Waals surface area contributed by atoms with Crippen LogP contribution in [0.2, 0.25) is 0 Å². The van der Waals surface area contributed by atoms with Gasteiger partial charge in [0.25, 0.3) is 0 Å². The SMILES string of the molecule is C1=C(c2ccccc2)C2CC=C(c3ccccc3)[C@H]2C1. The molecule has 1 unspecified atom stereocenters. The Morgan fingerprint density at radius 2 is 0.950 bits per heavy atom. The van der Waals surface area contributed by atoms with Crippen molar-refractivity contribution in [2.24, 2.45) is 11.8 Å². The fraction of sp³-hybridized carbons (Fsp3) is 0.200. The van der Waals surface area contributed by atoms with Gasteiger partial charge in [-0.05, 0) is 47.0 Å². The third-order valence-electron chi connectivity index (χ3n) is 4.68. The van der Waals surface area contributed by atoms with Crippen LogP contribution in [-0.2, 0) is 0 Å². The van der Waals surface area contributed by atoms with Crippen LogP contribution < -0.4 is 0 Å². The predicted octanol–water partition coefficient (Wildman–Crippen LogP) is 5.19. The van der Waals surface area contributed by atoms with Crippen molar-refractivity contribution in [1.82, 2.24) is 0 Å². The lowest BCUT2D eigenvalue weighted by molar-refractivity contribution is 0.574. The third kappa shape index (κ3) is 1.84. The number of benzene rings is 2. The van der Waals surface area contributed by atoms with Crippen LogP contribution in [0.1, 0.15) is 24.0 Å². The van der Waals surface area contributed by atoms with Gasteiger partial charge in [-0.2, -0.15) is 0 Å². The Hall–Kier alpha value is -2.08. The summed E-state index contributed by atoms with van der Waals surface area (Å²) >= 11 is 0. The van der Waals surface area contributed by atoms with Crippen LogP contribution in [0.3, 0.4) is 0 Å². The number of allylic oxidation sites excluding steroid dienone is 4. The quantitative estimate of drug-likeness (QED) is 0.695. The van der Waals surface area contributed by atoms with E-state index in [-0.39, 0.29) is 0 Å². The zero-order valence-electron chi connectivity index (χ0n) is 11.5. The summed E-state index contributed by atoms with van der Waals surface area (Å²) in [5.41, 5.74) is 5.92. The van der Waals surface area contributed by atoms with Crippen LogP contribution in [0.4, 0.5) is 0 Å².